The summed E-state index contributed by atoms with van der Waals surface area (Å²) in [4.78, 5) is 33.8. The summed E-state index contributed by atoms with van der Waals surface area (Å²) >= 11 is 0. The van der Waals surface area contributed by atoms with E-state index in [4.69, 9.17) is 0 Å². The van der Waals surface area contributed by atoms with Gasteiger partial charge in [-0.2, -0.15) is 0 Å². The van der Waals surface area contributed by atoms with E-state index in [1.807, 2.05) is 4.90 Å². The van der Waals surface area contributed by atoms with E-state index in [-0.39, 0.29) is 11.5 Å². The highest BCUT2D eigenvalue weighted by molar-refractivity contribution is 5.92. The Morgan fingerprint density at radius 1 is 1.50 bits per heavy atom. The van der Waals surface area contributed by atoms with Crippen LogP contribution in [0.4, 0.5) is 0 Å². The number of hydrogen-bond donors (Lipinski definition) is 1. The fraction of sp³-hybridized carbons (Fsp3) is 0.643. The van der Waals surface area contributed by atoms with Crippen LogP contribution in [-0.2, 0) is 0 Å². The number of aromatic amines is 1. The van der Waals surface area contributed by atoms with E-state index in [9.17, 15) is 9.59 Å². The van der Waals surface area contributed by atoms with Crippen LogP contribution in [0.15, 0.2) is 17.2 Å². The first kappa shape index (κ1) is 14.7. The van der Waals surface area contributed by atoms with Crippen molar-refractivity contribution in [3.63, 3.8) is 0 Å². The summed E-state index contributed by atoms with van der Waals surface area (Å²) in [6.45, 7) is 3.65. The summed E-state index contributed by atoms with van der Waals surface area (Å²) in [5.74, 6) is 0.397. The third kappa shape index (κ3) is 3.07. The number of nitrogens with one attached hydrogen (secondary N) is 1. The molecule has 1 aliphatic rings. The summed E-state index contributed by atoms with van der Waals surface area (Å²) in [6, 6.07) is 0.390. The molecule has 2 unspecified atom stereocenters. The minimum atomic E-state index is -0.294. The lowest BCUT2D eigenvalue weighted by Crippen LogP contribution is -2.36. The molecule has 0 radical (unpaired) electrons. The normalized spacial score (nSPS) is 22.5. The van der Waals surface area contributed by atoms with Gasteiger partial charge in [0, 0.05) is 25.3 Å². The van der Waals surface area contributed by atoms with Gasteiger partial charge >= 0.3 is 0 Å². The van der Waals surface area contributed by atoms with Crippen molar-refractivity contribution in [1.29, 1.82) is 0 Å². The van der Waals surface area contributed by atoms with Crippen molar-refractivity contribution < 1.29 is 4.79 Å². The van der Waals surface area contributed by atoms with E-state index < -0.39 is 0 Å². The monoisotopic (exact) mass is 278 g/mol. The first-order valence-electron chi connectivity index (χ1n) is 7.03. The quantitative estimate of drug-likeness (QED) is 0.874. The third-order valence-electron chi connectivity index (χ3n) is 3.91. The molecule has 1 fully saturated rings. The Kier molecular flexibility index (Phi) is 4.54. The molecule has 0 saturated carbocycles. The number of aromatic nitrogens is 2. The number of hydrogen-bond acceptors (Lipinski definition) is 4. The lowest BCUT2D eigenvalue weighted by molar-refractivity contribution is 0.0774. The molecule has 2 atom stereocenters. The van der Waals surface area contributed by atoms with Crippen molar-refractivity contribution in [2.24, 2.45) is 5.92 Å². The first-order valence-corrected chi connectivity index (χ1v) is 7.03. The number of rotatable bonds is 4. The van der Waals surface area contributed by atoms with Crippen molar-refractivity contribution in [2.45, 2.75) is 25.8 Å². The number of likely N-dealkylation sites (tertiary alicyclic amines) is 1. The summed E-state index contributed by atoms with van der Waals surface area (Å²) in [5, 5.41) is 0. The molecule has 0 spiro atoms. The molecule has 0 aromatic carbocycles. The van der Waals surface area contributed by atoms with Crippen LogP contribution in [0.25, 0.3) is 0 Å². The van der Waals surface area contributed by atoms with Crippen LogP contribution in [0, 0.1) is 5.92 Å². The van der Waals surface area contributed by atoms with Crippen LogP contribution in [-0.4, -0.2) is 58.9 Å². The van der Waals surface area contributed by atoms with Crippen molar-refractivity contribution in [3.05, 3.63) is 28.4 Å². The highest BCUT2D eigenvalue weighted by Gasteiger charge is 2.36. The number of carbonyl (C=O) groups excluding carboxylic acids is 1. The maximum absolute atomic E-state index is 12.4. The Balaban J connectivity index is 2.11. The summed E-state index contributed by atoms with van der Waals surface area (Å²) in [6.07, 6.45) is 4.78. The SMILES string of the molecule is CCCC1CN(C(=O)c2c[nH]c(=O)cn2)CC1N(C)C. The van der Waals surface area contributed by atoms with Crippen LogP contribution in [0.5, 0.6) is 0 Å². The van der Waals surface area contributed by atoms with Crippen molar-refractivity contribution in [1.82, 2.24) is 19.8 Å². The molecular weight excluding hydrogens is 256 g/mol. The summed E-state index contributed by atoms with van der Waals surface area (Å²) in [7, 11) is 4.11. The smallest absolute Gasteiger partial charge is 0.274 e. The molecule has 110 valence electrons. The largest absolute Gasteiger partial charge is 0.335 e. The van der Waals surface area contributed by atoms with Gasteiger partial charge in [-0.15, -0.1) is 0 Å². The molecule has 1 N–H and O–H groups in total. The molecular formula is C14H22N4O2. The van der Waals surface area contributed by atoms with Crippen LogP contribution in [0.2, 0.25) is 0 Å². The average Bonchev–Trinajstić information content (AvgIpc) is 2.83. The maximum Gasteiger partial charge on any atom is 0.274 e. The number of likely N-dealkylation sites (N-methyl/N-ethyl adjacent to an activating group) is 1. The zero-order chi connectivity index (χ0) is 14.7. The molecule has 6 heteroatoms. The van der Waals surface area contributed by atoms with Gasteiger partial charge in [0.1, 0.15) is 5.69 Å². The summed E-state index contributed by atoms with van der Waals surface area (Å²) < 4.78 is 0. The van der Waals surface area contributed by atoms with Gasteiger partial charge in [0.05, 0.1) is 6.20 Å². The Bertz CT molecular complexity index is 506. The highest BCUT2D eigenvalue weighted by atomic mass is 16.2. The Hall–Kier alpha value is -1.69. The minimum absolute atomic E-state index is 0.105. The molecule has 1 aromatic heterocycles. The second-order valence-electron chi connectivity index (χ2n) is 5.59. The van der Waals surface area contributed by atoms with Crippen LogP contribution >= 0.6 is 0 Å². The topological polar surface area (TPSA) is 69.3 Å². The van der Waals surface area contributed by atoms with E-state index in [0.717, 1.165) is 32.1 Å². The van der Waals surface area contributed by atoms with Crippen molar-refractivity contribution in [2.75, 3.05) is 27.2 Å². The molecule has 20 heavy (non-hydrogen) atoms. The van der Waals surface area contributed by atoms with E-state index >= 15 is 0 Å². The Morgan fingerprint density at radius 2 is 2.25 bits per heavy atom. The second-order valence-corrected chi connectivity index (χ2v) is 5.59. The predicted molar refractivity (Wildman–Crippen MR) is 76.6 cm³/mol. The molecule has 1 amide bonds. The fourth-order valence-corrected chi connectivity index (χ4v) is 2.88. The van der Waals surface area contributed by atoms with Gasteiger partial charge in [-0.25, -0.2) is 4.98 Å². The van der Waals surface area contributed by atoms with Gasteiger partial charge in [-0.05, 0) is 26.4 Å². The minimum Gasteiger partial charge on any atom is -0.335 e. The second kappa shape index (κ2) is 6.17. The van der Waals surface area contributed by atoms with Crippen molar-refractivity contribution >= 4 is 5.91 Å². The Labute approximate surface area is 118 Å². The Morgan fingerprint density at radius 3 is 2.80 bits per heavy atom. The maximum atomic E-state index is 12.4. The predicted octanol–water partition coefficient (Wildman–Crippen LogP) is 0.572. The standard InChI is InChI=1S/C14H22N4O2/c1-4-5-10-8-18(9-12(10)17(2)3)14(20)11-6-16-13(19)7-15-11/h6-7,10,12H,4-5,8-9H2,1-3H3,(H,16,19). The number of carbonyl (C=O) groups is 1. The highest BCUT2D eigenvalue weighted by Crippen LogP contribution is 2.25. The first-order chi connectivity index (χ1) is 9.52. The number of amides is 1. The number of nitrogens with zero attached hydrogens (tertiary/aromatic N) is 3. The van der Waals surface area contributed by atoms with Gasteiger partial charge < -0.3 is 14.8 Å². The van der Waals surface area contributed by atoms with E-state index in [0.29, 0.717) is 17.7 Å². The molecule has 6 nitrogen and oxygen atoms in total. The van der Waals surface area contributed by atoms with Gasteiger partial charge in [0.15, 0.2) is 0 Å². The molecule has 2 rings (SSSR count). The van der Waals surface area contributed by atoms with Gasteiger partial charge in [-0.1, -0.05) is 13.3 Å². The van der Waals surface area contributed by atoms with Gasteiger partial charge in [-0.3, -0.25) is 9.59 Å². The molecule has 1 aliphatic heterocycles. The van der Waals surface area contributed by atoms with Crippen LogP contribution < -0.4 is 5.56 Å². The third-order valence-corrected chi connectivity index (χ3v) is 3.91. The van der Waals surface area contributed by atoms with E-state index in [1.54, 1.807) is 0 Å². The van der Waals surface area contributed by atoms with E-state index in [1.165, 1.54) is 6.20 Å². The molecule has 2 heterocycles. The van der Waals surface area contributed by atoms with Crippen LogP contribution in [0.3, 0.4) is 0 Å². The lowest BCUT2D eigenvalue weighted by atomic mass is 9.98. The fourth-order valence-electron chi connectivity index (χ4n) is 2.88. The van der Waals surface area contributed by atoms with Gasteiger partial charge in [0.25, 0.3) is 11.5 Å². The molecule has 0 aliphatic carbocycles. The van der Waals surface area contributed by atoms with Crippen LogP contribution in [0.1, 0.15) is 30.3 Å². The zero-order valence-electron chi connectivity index (χ0n) is 12.3. The zero-order valence-corrected chi connectivity index (χ0v) is 12.3. The lowest BCUT2D eigenvalue weighted by Gasteiger charge is -2.24. The molecule has 1 aromatic rings. The number of H-pyrrole nitrogens is 1. The molecule has 0 bridgehead atoms. The average molecular weight is 278 g/mol. The van der Waals surface area contributed by atoms with Gasteiger partial charge in [0.2, 0.25) is 0 Å². The molecule has 1 saturated heterocycles. The van der Waals surface area contributed by atoms with Crippen molar-refractivity contribution in [3.8, 4) is 0 Å². The van der Waals surface area contributed by atoms with E-state index in [2.05, 4.69) is 35.9 Å². The summed E-state index contributed by atoms with van der Waals surface area (Å²) in [5.41, 5.74) is 0.0113.